The molecule has 3 aromatic carbocycles. The van der Waals surface area contributed by atoms with Crippen molar-refractivity contribution in [2.24, 2.45) is 5.92 Å². The first-order chi connectivity index (χ1) is 17.7. The number of benzene rings is 3. The number of amides is 1. The van der Waals surface area contributed by atoms with E-state index in [1.54, 1.807) is 12.1 Å². The lowest BCUT2D eigenvalue weighted by atomic mass is 9.93. The second-order valence-electron chi connectivity index (χ2n) is 9.89. The molecule has 1 unspecified atom stereocenters. The van der Waals surface area contributed by atoms with E-state index >= 15 is 0 Å². The number of carbonyl (C=O) groups excluding carboxylic acids is 2. The number of nitrogens with zero attached hydrogens (tertiary/aromatic N) is 1. The quantitative estimate of drug-likeness (QED) is 0.235. The second kappa shape index (κ2) is 10.9. The predicted molar refractivity (Wildman–Crippen MR) is 144 cm³/mol. The van der Waals surface area contributed by atoms with E-state index in [0.29, 0.717) is 23.8 Å². The normalized spacial score (nSPS) is 16.9. The Balaban J connectivity index is 1.78. The molecule has 1 N–H and O–H groups in total. The minimum absolute atomic E-state index is 0.0522. The molecule has 1 aliphatic rings. The topological polar surface area (TPSA) is 76.1 Å². The van der Waals surface area contributed by atoms with Gasteiger partial charge in [0, 0.05) is 6.54 Å². The van der Waals surface area contributed by atoms with Gasteiger partial charge in [-0.05, 0) is 55.2 Å². The summed E-state index contributed by atoms with van der Waals surface area (Å²) in [5.74, 6) is -0.0296. The van der Waals surface area contributed by atoms with Gasteiger partial charge in [0.2, 0.25) is 0 Å². The first kappa shape index (κ1) is 26.0. The fourth-order valence-corrected chi connectivity index (χ4v) is 4.53. The zero-order chi connectivity index (χ0) is 26.7. The summed E-state index contributed by atoms with van der Waals surface area (Å²) < 4.78 is 11.2. The van der Waals surface area contributed by atoms with Crippen LogP contribution in [0.5, 0.6) is 11.5 Å². The van der Waals surface area contributed by atoms with Crippen LogP contribution >= 0.6 is 0 Å². The molecule has 0 aliphatic carbocycles. The molecular formula is C31H33NO5. The number of aliphatic hydroxyl groups is 1. The SMILES string of the molecule is COc1ccc(C)cc1/C(O)=C1\C(=O)C(=O)N(Cc2ccc(OCC(C)C)cc2)C1c1cccc(C)c1. The summed E-state index contributed by atoms with van der Waals surface area (Å²) in [7, 11) is 1.51. The number of methoxy groups -OCH3 is 1. The monoisotopic (exact) mass is 499 g/mol. The third-order valence-corrected chi connectivity index (χ3v) is 6.37. The Hall–Kier alpha value is -4.06. The summed E-state index contributed by atoms with van der Waals surface area (Å²) in [6, 6.07) is 19.8. The Bertz CT molecular complexity index is 1340. The number of aryl methyl sites for hydroxylation is 2. The molecule has 1 aliphatic heterocycles. The molecule has 6 nitrogen and oxygen atoms in total. The maximum absolute atomic E-state index is 13.4. The lowest BCUT2D eigenvalue weighted by Gasteiger charge is -2.26. The van der Waals surface area contributed by atoms with Crippen molar-refractivity contribution in [1.82, 2.24) is 4.90 Å². The van der Waals surface area contributed by atoms with Crippen molar-refractivity contribution >= 4 is 17.4 Å². The summed E-state index contributed by atoms with van der Waals surface area (Å²) in [5, 5.41) is 11.5. The van der Waals surface area contributed by atoms with Gasteiger partial charge < -0.3 is 19.5 Å². The van der Waals surface area contributed by atoms with Crippen LogP contribution in [0.25, 0.3) is 5.76 Å². The molecule has 4 rings (SSSR count). The first-order valence-corrected chi connectivity index (χ1v) is 12.4. The van der Waals surface area contributed by atoms with Gasteiger partial charge in [-0.1, -0.05) is 67.4 Å². The van der Waals surface area contributed by atoms with Crippen LogP contribution in [0.2, 0.25) is 0 Å². The molecule has 1 fully saturated rings. The first-order valence-electron chi connectivity index (χ1n) is 12.4. The third kappa shape index (κ3) is 5.53. The molecule has 1 saturated heterocycles. The van der Waals surface area contributed by atoms with E-state index in [1.165, 1.54) is 12.0 Å². The number of hydrogen-bond donors (Lipinski definition) is 1. The zero-order valence-corrected chi connectivity index (χ0v) is 21.9. The van der Waals surface area contributed by atoms with E-state index in [4.69, 9.17) is 9.47 Å². The maximum atomic E-state index is 13.4. The van der Waals surface area contributed by atoms with Gasteiger partial charge in [-0.25, -0.2) is 0 Å². The van der Waals surface area contributed by atoms with Crippen molar-refractivity contribution < 1.29 is 24.2 Å². The van der Waals surface area contributed by atoms with Gasteiger partial charge in [0.15, 0.2) is 0 Å². The summed E-state index contributed by atoms with van der Waals surface area (Å²) in [4.78, 5) is 28.3. The summed E-state index contributed by atoms with van der Waals surface area (Å²) in [6.07, 6.45) is 0. The van der Waals surface area contributed by atoms with Gasteiger partial charge in [-0.15, -0.1) is 0 Å². The van der Waals surface area contributed by atoms with Crippen LogP contribution < -0.4 is 9.47 Å². The molecule has 1 heterocycles. The van der Waals surface area contributed by atoms with Gasteiger partial charge in [0.1, 0.15) is 17.3 Å². The molecule has 192 valence electrons. The van der Waals surface area contributed by atoms with Crippen LogP contribution in [-0.4, -0.2) is 35.4 Å². The standard InChI is InChI=1S/C31H33NO5/c1-19(2)18-37-24-12-10-22(11-13-24)17-32-28(23-8-6-7-20(3)15-23)27(30(34)31(32)35)29(33)25-16-21(4)9-14-26(25)36-5/h6-16,19,28,33H,17-18H2,1-5H3/b29-27+. The molecule has 0 aromatic heterocycles. The summed E-state index contributed by atoms with van der Waals surface area (Å²) in [6.45, 7) is 8.83. The van der Waals surface area contributed by atoms with E-state index in [0.717, 1.165) is 28.0 Å². The van der Waals surface area contributed by atoms with Crippen LogP contribution in [0, 0.1) is 19.8 Å². The van der Waals surface area contributed by atoms with E-state index < -0.39 is 17.7 Å². The van der Waals surface area contributed by atoms with Crippen LogP contribution in [0.4, 0.5) is 0 Å². The highest BCUT2D eigenvalue weighted by Crippen LogP contribution is 2.42. The largest absolute Gasteiger partial charge is 0.507 e. The van der Waals surface area contributed by atoms with Gasteiger partial charge >= 0.3 is 0 Å². The van der Waals surface area contributed by atoms with Crippen LogP contribution in [0.3, 0.4) is 0 Å². The third-order valence-electron chi connectivity index (χ3n) is 6.37. The van der Waals surface area contributed by atoms with E-state index in [1.807, 2.05) is 68.4 Å². The fraction of sp³-hybridized carbons (Fsp3) is 0.290. The van der Waals surface area contributed by atoms with Gasteiger partial charge in [0.05, 0.1) is 30.9 Å². The Morgan fingerprint density at radius 1 is 0.973 bits per heavy atom. The molecule has 0 radical (unpaired) electrons. The molecule has 1 atom stereocenters. The number of ketones is 1. The molecule has 0 bridgehead atoms. The van der Waals surface area contributed by atoms with E-state index in [2.05, 4.69) is 13.8 Å². The number of aliphatic hydroxyl groups excluding tert-OH is 1. The van der Waals surface area contributed by atoms with Crippen LogP contribution in [-0.2, 0) is 16.1 Å². The minimum atomic E-state index is -0.748. The molecule has 0 saturated carbocycles. The smallest absolute Gasteiger partial charge is 0.295 e. The summed E-state index contributed by atoms with van der Waals surface area (Å²) in [5.41, 5.74) is 3.92. The fourth-order valence-electron chi connectivity index (χ4n) is 4.53. The van der Waals surface area contributed by atoms with Crippen molar-refractivity contribution in [2.45, 2.75) is 40.3 Å². The van der Waals surface area contributed by atoms with Gasteiger partial charge in [-0.2, -0.15) is 0 Å². The Kier molecular flexibility index (Phi) is 7.67. The average molecular weight is 500 g/mol. The van der Waals surface area contributed by atoms with Crippen molar-refractivity contribution in [3.63, 3.8) is 0 Å². The van der Waals surface area contributed by atoms with E-state index in [9.17, 15) is 14.7 Å². The lowest BCUT2D eigenvalue weighted by Crippen LogP contribution is -2.29. The molecule has 6 heteroatoms. The van der Waals surface area contributed by atoms with Crippen molar-refractivity contribution in [3.8, 4) is 11.5 Å². The average Bonchev–Trinajstić information content (AvgIpc) is 3.12. The number of Topliss-reactive ketones (excluding diaryl/α,β-unsaturated/α-hetero) is 1. The Morgan fingerprint density at radius 2 is 1.68 bits per heavy atom. The molecule has 1 amide bonds. The number of hydrogen-bond acceptors (Lipinski definition) is 5. The number of likely N-dealkylation sites (tertiary alicyclic amines) is 1. The van der Waals surface area contributed by atoms with Crippen molar-refractivity contribution in [3.05, 3.63) is 100 Å². The lowest BCUT2D eigenvalue weighted by molar-refractivity contribution is -0.140. The van der Waals surface area contributed by atoms with Crippen molar-refractivity contribution in [1.29, 1.82) is 0 Å². The number of rotatable bonds is 8. The predicted octanol–water partition coefficient (Wildman–Crippen LogP) is 5.97. The highest BCUT2D eigenvalue weighted by molar-refractivity contribution is 6.46. The maximum Gasteiger partial charge on any atom is 0.295 e. The van der Waals surface area contributed by atoms with E-state index in [-0.39, 0.29) is 17.9 Å². The molecule has 0 spiro atoms. The second-order valence-corrected chi connectivity index (χ2v) is 9.89. The summed E-state index contributed by atoms with van der Waals surface area (Å²) >= 11 is 0. The molecule has 3 aromatic rings. The minimum Gasteiger partial charge on any atom is -0.507 e. The van der Waals surface area contributed by atoms with Crippen molar-refractivity contribution in [2.75, 3.05) is 13.7 Å². The zero-order valence-electron chi connectivity index (χ0n) is 21.9. The number of ether oxygens (including phenoxy) is 2. The van der Waals surface area contributed by atoms with Crippen LogP contribution in [0.1, 0.15) is 47.7 Å². The molecular weight excluding hydrogens is 466 g/mol. The van der Waals surface area contributed by atoms with Gasteiger partial charge in [0.25, 0.3) is 11.7 Å². The number of carbonyl (C=O) groups is 2. The Morgan fingerprint density at radius 3 is 2.32 bits per heavy atom. The van der Waals surface area contributed by atoms with Crippen LogP contribution in [0.15, 0.2) is 72.3 Å². The Labute approximate surface area is 218 Å². The highest BCUT2D eigenvalue weighted by Gasteiger charge is 2.46. The molecule has 37 heavy (non-hydrogen) atoms. The highest BCUT2D eigenvalue weighted by atomic mass is 16.5. The van der Waals surface area contributed by atoms with Gasteiger partial charge in [-0.3, -0.25) is 9.59 Å².